The largest absolute Gasteiger partial charge is 0.488 e. The number of benzene rings is 3. The van der Waals surface area contributed by atoms with Gasteiger partial charge in [0.2, 0.25) is 0 Å². The van der Waals surface area contributed by atoms with Gasteiger partial charge in [-0.05, 0) is 42.0 Å². The van der Waals surface area contributed by atoms with Gasteiger partial charge >= 0.3 is 0 Å². The standard InChI is InChI=1S/C21H16ClFN2O3/c22-15-11-9-14(10-12-15)13-28-19-8-4-2-6-17(19)21(27)25-24-20(26)16-5-1-3-7-18(16)23/h1-12H,13H2,(H,24,26)(H,25,27). The Morgan fingerprint density at radius 1 is 0.821 bits per heavy atom. The fourth-order valence-corrected chi connectivity index (χ4v) is 2.54. The molecular weight excluding hydrogens is 383 g/mol. The summed E-state index contributed by atoms with van der Waals surface area (Å²) in [5.74, 6) is -1.68. The van der Waals surface area contributed by atoms with Gasteiger partial charge < -0.3 is 4.74 Å². The van der Waals surface area contributed by atoms with E-state index in [1.165, 1.54) is 18.2 Å². The number of halogens is 2. The third kappa shape index (κ3) is 4.86. The second-order valence-electron chi connectivity index (χ2n) is 5.80. The highest BCUT2D eigenvalue weighted by Gasteiger charge is 2.15. The minimum atomic E-state index is -0.758. The molecule has 3 aromatic carbocycles. The number of carbonyl (C=O) groups is 2. The van der Waals surface area contributed by atoms with Crippen LogP contribution in [0, 0.1) is 5.82 Å². The SMILES string of the molecule is O=C(NNC(=O)c1ccccc1OCc1ccc(Cl)cc1)c1ccccc1F. The van der Waals surface area contributed by atoms with Crippen molar-refractivity contribution in [3.8, 4) is 5.75 Å². The first-order chi connectivity index (χ1) is 13.5. The molecule has 0 fully saturated rings. The smallest absolute Gasteiger partial charge is 0.273 e. The molecule has 0 aliphatic carbocycles. The van der Waals surface area contributed by atoms with E-state index >= 15 is 0 Å². The highest BCUT2D eigenvalue weighted by molar-refractivity contribution is 6.30. The van der Waals surface area contributed by atoms with E-state index in [1.807, 2.05) is 12.1 Å². The van der Waals surface area contributed by atoms with Gasteiger partial charge in [-0.15, -0.1) is 0 Å². The number of para-hydroxylation sites is 1. The van der Waals surface area contributed by atoms with Crippen LogP contribution in [0.4, 0.5) is 4.39 Å². The number of hydrogen-bond acceptors (Lipinski definition) is 3. The Balaban J connectivity index is 1.64. The average molecular weight is 399 g/mol. The van der Waals surface area contributed by atoms with Crippen LogP contribution >= 0.6 is 11.6 Å². The summed E-state index contributed by atoms with van der Waals surface area (Å²) >= 11 is 5.86. The highest BCUT2D eigenvalue weighted by Crippen LogP contribution is 2.20. The van der Waals surface area contributed by atoms with Gasteiger partial charge in [0.1, 0.15) is 18.2 Å². The molecule has 142 valence electrons. The third-order valence-corrected chi connectivity index (χ3v) is 4.10. The Labute approximate surface area is 166 Å². The molecule has 0 aromatic heterocycles. The number of carbonyl (C=O) groups excluding carboxylic acids is 2. The maximum atomic E-state index is 13.6. The van der Waals surface area contributed by atoms with E-state index < -0.39 is 17.6 Å². The molecule has 0 spiro atoms. The zero-order chi connectivity index (χ0) is 19.9. The lowest BCUT2D eigenvalue weighted by Crippen LogP contribution is -2.42. The van der Waals surface area contributed by atoms with E-state index in [2.05, 4.69) is 10.9 Å². The van der Waals surface area contributed by atoms with Gasteiger partial charge in [-0.1, -0.05) is 48.0 Å². The Morgan fingerprint density at radius 2 is 1.39 bits per heavy atom. The van der Waals surface area contributed by atoms with E-state index in [0.717, 1.165) is 11.6 Å². The lowest BCUT2D eigenvalue weighted by Gasteiger charge is -2.12. The molecule has 2 N–H and O–H groups in total. The lowest BCUT2D eigenvalue weighted by atomic mass is 10.2. The summed E-state index contributed by atoms with van der Waals surface area (Å²) in [7, 11) is 0. The minimum absolute atomic E-state index is 0.171. The van der Waals surface area contributed by atoms with Gasteiger partial charge in [-0.25, -0.2) is 4.39 Å². The molecule has 7 heteroatoms. The summed E-state index contributed by atoms with van der Waals surface area (Å²) < 4.78 is 19.4. The monoisotopic (exact) mass is 398 g/mol. The topological polar surface area (TPSA) is 67.4 Å². The second-order valence-corrected chi connectivity index (χ2v) is 6.24. The molecule has 0 saturated heterocycles. The van der Waals surface area contributed by atoms with E-state index in [4.69, 9.17) is 16.3 Å². The molecule has 0 aliphatic rings. The van der Waals surface area contributed by atoms with Crippen LogP contribution in [-0.2, 0) is 6.61 Å². The Bertz CT molecular complexity index is 993. The van der Waals surface area contributed by atoms with Crippen LogP contribution < -0.4 is 15.6 Å². The van der Waals surface area contributed by atoms with Crippen molar-refractivity contribution >= 4 is 23.4 Å². The number of amides is 2. The Morgan fingerprint density at radius 3 is 2.07 bits per heavy atom. The van der Waals surface area contributed by atoms with Crippen molar-refractivity contribution in [3.63, 3.8) is 0 Å². The fraction of sp³-hybridized carbons (Fsp3) is 0.0476. The maximum absolute atomic E-state index is 13.6. The molecular formula is C21H16ClFN2O3. The van der Waals surface area contributed by atoms with Crippen LogP contribution in [0.5, 0.6) is 5.75 Å². The molecule has 3 aromatic rings. The third-order valence-electron chi connectivity index (χ3n) is 3.85. The maximum Gasteiger partial charge on any atom is 0.273 e. The van der Waals surface area contributed by atoms with Crippen LogP contribution in [0.3, 0.4) is 0 Å². The molecule has 28 heavy (non-hydrogen) atoms. The quantitative estimate of drug-likeness (QED) is 0.635. The Hall–Kier alpha value is -3.38. The van der Waals surface area contributed by atoms with E-state index in [-0.39, 0.29) is 17.7 Å². The van der Waals surface area contributed by atoms with Gasteiger partial charge in [0.05, 0.1) is 11.1 Å². The summed E-state index contributed by atoms with van der Waals surface area (Å²) in [5, 5.41) is 0.620. The van der Waals surface area contributed by atoms with Crippen LogP contribution in [0.25, 0.3) is 0 Å². The molecule has 0 radical (unpaired) electrons. The minimum Gasteiger partial charge on any atom is -0.488 e. The number of hydrogen-bond donors (Lipinski definition) is 2. The van der Waals surface area contributed by atoms with Crippen molar-refractivity contribution in [2.75, 3.05) is 0 Å². The van der Waals surface area contributed by atoms with Crippen LogP contribution in [0.15, 0.2) is 72.8 Å². The first-order valence-corrected chi connectivity index (χ1v) is 8.74. The normalized spacial score (nSPS) is 10.2. The molecule has 0 heterocycles. The molecule has 0 saturated carbocycles. The van der Waals surface area contributed by atoms with Gasteiger partial charge in [0, 0.05) is 5.02 Å². The summed E-state index contributed by atoms with van der Waals surface area (Å²) in [6, 6.07) is 19.2. The number of ether oxygens (including phenoxy) is 1. The van der Waals surface area contributed by atoms with E-state index in [1.54, 1.807) is 36.4 Å². The van der Waals surface area contributed by atoms with Gasteiger partial charge in [0.25, 0.3) is 11.8 Å². The number of rotatable bonds is 5. The summed E-state index contributed by atoms with van der Waals surface area (Å²) in [4.78, 5) is 24.4. The van der Waals surface area contributed by atoms with Gasteiger partial charge in [-0.2, -0.15) is 0 Å². The number of hydrazine groups is 1. The summed E-state index contributed by atoms with van der Waals surface area (Å²) in [6.07, 6.45) is 0. The van der Waals surface area contributed by atoms with Gasteiger partial charge in [-0.3, -0.25) is 20.4 Å². The summed E-state index contributed by atoms with van der Waals surface area (Å²) in [5.41, 5.74) is 5.40. The zero-order valence-corrected chi connectivity index (χ0v) is 15.4. The van der Waals surface area contributed by atoms with Gasteiger partial charge in [0.15, 0.2) is 0 Å². The lowest BCUT2D eigenvalue weighted by molar-refractivity contribution is 0.0841. The van der Waals surface area contributed by atoms with Crippen LogP contribution in [0.1, 0.15) is 26.3 Å². The molecule has 0 unspecified atom stereocenters. The van der Waals surface area contributed by atoms with Crippen molar-refractivity contribution in [2.24, 2.45) is 0 Å². The molecule has 0 atom stereocenters. The van der Waals surface area contributed by atoms with Crippen molar-refractivity contribution in [1.29, 1.82) is 0 Å². The predicted octanol–water partition coefficient (Wildman–Crippen LogP) is 4.13. The average Bonchev–Trinajstić information content (AvgIpc) is 2.72. The van der Waals surface area contributed by atoms with E-state index in [9.17, 15) is 14.0 Å². The molecule has 2 amide bonds. The van der Waals surface area contributed by atoms with Crippen molar-refractivity contribution < 1.29 is 18.7 Å². The fourth-order valence-electron chi connectivity index (χ4n) is 2.42. The molecule has 0 bridgehead atoms. The second kappa shape index (κ2) is 9.01. The van der Waals surface area contributed by atoms with Crippen LogP contribution in [0.2, 0.25) is 5.02 Å². The highest BCUT2D eigenvalue weighted by atomic mass is 35.5. The first-order valence-electron chi connectivity index (χ1n) is 8.36. The van der Waals surface area contributed by atoms with Crippen molar-refractivity contribution in [1.82, 2.24) is 10.9 Å². The molecule has 5 nitrogen and oxygen atoms in total. The molecule has 3 rings (SSSR count). The van der Waals surface area contributed by atoms with Crippen LogP contribution in [-0.4, -0.2) is 11.8 Å². The predicted molar refractivity (Wildman–Crippen MR) is 104 cm³/mol. The Kier molecular flexibility index (Phi) is 6.24. The zero-order valence-electron chi connectivity index (χ0n) is 14.6. The summed E-state index contributed by atoms with van der Waals surface area (Å²) in [6.45, 7) is 0.239. The number of nitrogens with one attached hydrogen (secondary N) is 2. The molecule has 0 aliphatic heterocycles. The first kappa shape index (κ1) is 19.4. The van der Waals surface area contributed by atoms with E-state index in [0.29, 0.717) is 10.8 Å². The van der Waals surface area contributed by atoms with Crippen molar-refractivity contribution in [3.05, 3.63) is 100 Å². The van der Waals surface area contributed by atoms with Crippen molar-refractivity contribution in [2.45, 2.75) is 6.61 Å².